The summed E-state index contributed by atoms with van der Waals surface area (Å²) in [6.45, 7) is 7.86. The zero-order valence-corrected chi connectivity index (χ0v) is 21.9. The number of hydrogen-bond acceptors (Lipinski definition) is 7. The number of benzene rings is 1. The quantitative estimate of drug-likeness (QED) is 0.345. The van der Waals surface area contributed by atoms with Crippen LogP contribution in [-0.4, -0.2) is 42.1 Å². The van der Waals surface area contributed by atoms with E-state index in [-0.39, 0.29) is 39.6 Å². The van der Waals surface area contributed by atoms with E-state index in [0.717, 1.165) is 28.5 Å². The number of carboxylic acids is 1. The number of carboxylic acid groups (broad SMARTS) is 1. The number of thiocarbonyl (C=S) groups is 1. The summed E-state index contributed by atoms with van der Waals surface area (Å²) in [7, 11) is 0. The van der Waals surface area contributed by atoms with Crippen molar-refractivity contribution >= 4 is 51.9 Å². The molecule has 2 aromatic heterocycles. The summed E-state index contributed by atoms with van der Waals surface area (Å²) >= 11 is 6.31. The summed E-state index contributed by atoms with van der Waals surface area (Å²) in [5, 5.41) is 8.99. The average molecular weight is 524 g/mol. The van der Waals surface area contributed by atoms with Gasteiger partial charge >= 0.3 is 5.97 Å². The Morgan fingerprint density at radius 3 is 2.69 bits per heavy atom. The second kappa shape index (κ2) is 10.2. The molecule has 8 nitrogen and oxygen atoms in total. The van der Waals surface area contributed by atoms with Crippen LogP contribution in [0.25, 0.3) is 11.7 Å². The molecule has 1 saturated heterocycles. The molecule has 1 aromatic carbocycles. The third-order valence-corrected chi connectivity index (χ3v) is 7.12. The number of aryl methyl sites for hydroxylation is 2. The summed E-state index contributed by atoms with van der Waals surface area (Å²) in [6.07, 6.45) is 2.81. The van der Waals surface area contributed by atoms with Gasteiger partial charge in [0.05, 0.1) is 11.3 Å². The average Bonchev–Trinajstić information content (AvgIpc) is 3.07. The number of rotatable bonds is 7. The Bertz CT molecular complexity index is 1490. The van der Waals surface area contributed by atoms with E-state index in [0.29, 0.717) is 11.4 Å². The molecule has 186 valence electrons. The Kier molecular flexibility index (Phi) is 7.28. The lowest BCUT2D eigenvalue weighted by Gasteiger charge is -2.16. The zero-order chi connectivity index (χ0) is 26.1. The van der Waals surface area contributed by atoms with Crippen LogP contribution >= 0.6 is 24.0 Å². The molecule has 1 aliphatic rings. The molecular formula is C26H25N3O5S2. The van der Waals surface area contributed by atoms with Crippen molar-refractivity contribution in [2.24, 2.45) is 0 Å². The van der Waals surface area contributed by atoms with Crippen LogP contribution in [0.1, 0.15) is 48.4 Å². The van der Waals surface area contributed by atoms with Gasteiger partial charge in [0, 0.05) is 12.7 Å². The fourth-order valence-electron chi connectivity index (χ4n) is 3.84. The van der Waals surface area contributed by atoms with E-state index in [1.807, 2.05) is 52.0 Å². The minimum atomic E-state index is -1.03. The molecule has 0 bridgehead atoms. The minimum absolute atomic E-state index is 0.0457. The number of aromatic nitrogens is 2. The molecule has 0 spiro atoms. The minimum Gasteiger partial charge on any atom is -0.481 e. The van der Waals surface area contributed by atoms with Gasteiger partial charge in [-0.3, -0.25) is 23.7 Å². The van der Waals surface area contributed by atoms with Gasteiger partial charge in [0.2, 0.25) is 5.88 Å². The molecule has 0 atom stereocenters. The molecule has 1 amide bonds. The van der Waals surface area contributed by atoms with E-state index in [1.165, 1.54) is 15.4 Å². The van der Waals surface area contributed by atoms with Gasteiger partial charge in [-0.25, -0.2) is 0 Å². The van der Waals surface area contributed by atoms with Crippen molar-refractivity contribution in [3.8, 4) is 11.6 Å². The normalized spacial score (nSPS) is 14.9. The third-order valence-electron chi connectivity index (χ3n) is 5.75. The van der Waals surface area contributed by atoms with Crippen LogP contribution in [0.4, 0.5) is 0 Å². The van der Waals surface area contributed by atoms with Crippen LogP contribution in [0.2, 0.25) is 0 Å². The van der Waals surface area contributed by atoms with E-state index in [2.05, 4.69) is 4.98 Å². The molecule has 36 heavy (non-hydrogen) atoms. The van der Waals surface area contributed by atoms with Crippen molar-refractivity contribution < 1.29 is 19.4 Å². The van der Waals surface area contributed by atoms with E-state index >= 15 is 0 Å². The highest BCUT2D eigenvalue weighted by molar-refractivity contribution is 8.26. The molecule has 0 radical (unpaired) electrons. The predicted molar refractivity (Wildman–Crippen MR) is 144 cm³/mol. The van der Waals surface area contributed by atoms with E-state index < -0.39 is 17.4 Å². The lowest BCUT2D eigenvalue weighted by Crippen LogP contribution is -2.30. The van der Waals surface area contributed by atoms with Gasteiger partial charge in [-0.2, -0.15) is 4.98 Å². The van der Waals surface area contributed by atoms with Crippen molar-refractivity contribution in [1.29, 1.82) is 0 Å². The Morgan fingerprint density at radius 2 is 2.00 bits per heavy atom. The topological polar surface area (TPSA) is 101 Å². The Morgan fingerprint density at radius 1 is 1.25 bits per heavy atom. The molecule has 1 aliphatic heterocycles. The number of pyridine rings is 1. The predicted octanol–water partition coefficient (Wildman–Crippen LogP) is 4.90. The highest BCUT2D eigenvalue weighted by Crippen LogP contribution is 2.36. The van der Waals surface area contributed by atoms with Crippen LogP contribution in [0.3, 0.4) is 0 Å². The van der Waals surface area contributed by atoms with Gasteiger partial charge in [0.25, 0.3) is 11.5 Å². The smallest absolute Gasteiger partial charge is 0.305 e. The number of amides is 1. The van der Waals surface area contributed by atoms with Gasteiger partial charge in [-0.15, -0.1) is 0 Å². The van der Waals surface area contributed by atoms with Crippen LogP contribution in [0.5, 0.6) is 11.6 Å². The van der Waals surface area contributed by atoms with Gasteiger partial charge in [-0.05, 0) is 54.7 Å². The Balaban J connectivity index is 1.87. The van der Waals surface area contributed by atoms with Crippen LogP contribution in [-0.2, 0) is 9.59 Å². The number of ether oxygens (including phenoxy) is 1. The van der Waals surface area contributed by atoms with Crippen LogP contribution in [0, 0.1) is 13.8 Å². The van der Waals surface area contributed by atoms with Crippen LogP contribution in [0.15, 0.2) is 46.2 Å². The summed E-state index contributed by atoms with van der Waals surface area (Å²) in [5.41, 5.74) is 2.89. The second-order valence-electron chi connectivity index (χ2n) is 8.80. The lowest BCUT2D eigenvalue weighted by molar-refractivity contribution is -0.137. The number of thioether (sulfide) groups is 1. The first kappa shape index (κ1) is 25.6. The highest BCUT2D eigenvalue weighted by Gasteiger charge is 2.33. The summed E-state index contributed by atoms with van der Waals surface area (Å²) in [6, 6.07) is 9.48. The summed E-state index contributed by atoms with van der Waals surface area (Å²) in [4.78, 5) is 43.7. The molecule has 1 fully saturated rings. The fraction of sp³-hybridized carbons (Fsp3) is 0.269. The Labute approximate surface area is 217 Å². The number of nitrogens with zero attached hydrogens (tertiary/aromatic N) is 3. The first-order valence-electron chi connectivity index (χ1n) is 11.3. The standard InChI is InChI=1S/C26H25N3O5S2/c1-14(2)17-8-7-15(3)12-19(17)34-23-18(24(32)28-10-5-6-16(4)22(28)27-23)13-20-25(33)29(26(35)36-20)11-9-21(30)31/h5-8,10,12-14H,9,11H2,1-4H3,(H,30,31)/b20-13+. The van der Waals surface area contributed by atoms with Gasteiger partial charge in [0.1, 0.15) is 21.3 Å². The SMILES string of the molecule is Cc1ccc(C(C)C)c(Oc2nc3c(C)cccn3c(=O)c2/C=C2/SC(=S)N(CCC(=O)O)C2=O)c1. The number of carbonyl (C=O) groups excluding carboxylic acids is 1. The van der Waals surface area contributed by atoms with Crippen molar-refractivity contribution in [3.05, 3.63) is 74.0 Å². The number of hydrogen-bond donors (Lipinski definition) is 1. The third kappa shape index (κ3) is 5.05. The van der Waals surface area contributed by atoms with E-state index in [4.69, 9.17) is 22.1 Å². The molecule has 3 aromatic rings. The molecule has 3 heterocycles. The maximum absolute atomic E-state index is 13.6. The van der Waals surface area contributed by atoms with Crippen molar-refractivity contribution in [3.63, 3.8) is 0 Å². The molecule has 0 aliphatic carbocycles. The van der Waals surface area contributed by atoms with E-state index in [9.17, 15) is 14.4 Å². The molecule has 1 N–H and O–H groups in total. The van der Waals surface area contributed by atoms with Crippen molar-refractivity contribution in [2.45, 2.75) is 40.0 Å². The molecule has 4 rings (SSSR count). The van der Waals surface area contributed by atoms with Gasteiger partial charge < -0.3 is 9.84 Å². The maximum atomic E-state index is 13.6. The largest absolute Gasteiger partial charge is 0.481 e. The lowest BCUT2D eigenvalue weighted by atomic mass is 10.0. The number of carbonyl (C=O) groups is 2. The molecule has 0 unspecified atom stereocenters. The van der Waals surface area contributed by atoms with Gasteiger partial charge in [0.15, 0.2) is 0 Å². The molecule has 0 saturated carbocycles. The zero-order valence-electron chi connectivity index (χ0n) is 20.3. The molecule has 10 heteroatoms. The van der Waals surface area contributed by atoms with Crippen LogP contribution < -0.4 is 10.3 Å². The summed E-state index contributed by atoms with van der Waals surface area (Å²) in [5.74, 6) is -0.659. The first-order chi connectivity index (χ1) is 17.1. The Hall–Kier alpha value is -3.50. The first-order valence-corrected chi connectivity index (χ1v) is 12.6. The molecular weight excluding hydrogens is 498 g/mol. The summed E-state index contributed by atoms with van der Waals surface area (Å²) < 4.78 is 7.94. The number of aliphatic carboxylic acids is 1. The number of fused-ring (bicyclic) bond motifs is 1. The monoisotopic (exact) mass is 523 g/mol. The fourth-order valence-corrected chi connectivity index (χ4v) is 5.13. The van der Waals surface area contributed by atoms with Crippen molar-refractivity contribution in [2.75, 3.05) is 6.54 Å². The van der Waals surface area contributed by atoms with Gasteiger partial charge in [-0.1, -0.05) is 56.0 Å². The highest BCUT2D eigenvalue weighted by atomic mass is 32.2. The maximum Gasteiger partial charge on any atom is 0.305 e. The van der Waals surface area contributed by atoms with Crippen molar-refractivity contribution in [1.82, 2.24) is 14.3 Å². The second-order valence-corrected chi connectivity index (χ2v) is 10.5. The van der Waals surface area contributed by atoms with E-state index in [1.54, 1.807) is 12.3 Å².